The molecule has 1 aromatic rings. The number of hydrogen-bond donors (Lipinski definition) is 1. The number of hydrogen-bond acceptors (Lipinski definition) is 1. The van der Waals surface area contributed by atoms with Gasteiger partial charge in [0.1, 0.15) is 0 Å². The summed E-state index contributed by atoms with van der Waals surface area (Å²) in [6.07, 6.45) is -2.33. The zero-order valence-electron chi connectivity index (χ0n) is 7.10. The van der Waals surface area contributed by atoms with E-state index in [0.717, 1.165) is 9.26 Å². The molecule has 0 spiro atoms. The van der Waals surface area contributed by atoms with E-state index in [4.69, 9.17) is 0 Å². The van der Waals surface area contributed by atoms with Gasteiger partial charge in [0.05, 0.1) is 6.04 Å². The Balaban J connectivity index is 2.59. The maximum absolute atomic E-state index is 12.1. The summed E-state index contributed by atoms with van der Waals surface area (Å²) in [6, 6.07) is 6.53. The molecule has 0 radical (unpaired) electrons. The van der Waals surface area contributed by atoms with Crippen molar-refractivity contribution in [1.82, 2.24) is 0 Å². The minimum Gasteiger partial charge on any atom is -0.377 e. The first-order valence-corrected chi connectivity index (χ1v) is 4.97. The minimum absolute atomic E-state index is 0.730. The summed E-state index contributed by atoms with van der Waals surface area (Å²) in [4.78, 5) is 0. The van der Waals surface area contributed by atoms with Gasteiger partial charge in [0.15, 0.2) is 0 Å². The molecule has 1 unspecified atom stereocenters. The molecule has 0 fully saturated rings. The van der Waals surface area contributed by atoms with E-state index in [9.17, 15) is 8.78 Å². The Labute approximate surface area is 89.7 Å². The van der Waals surface area contributed by atoms with Crippen LogP contribution in [0.25, 0.3) is 0 Å². The maximum Gasteiger partial charge on any atom is 0.258 e. The molecule has 0 aliphatic rings. The molecule has 4 heteroatoms. The van der Waals surface area contributed by atoms with Crippen LogP contribution in [-0.2, 0) is 0 Å². The first kappa shape index (κ1) is 10.7. The van der Waals surface area contributed by atoms with Crippen molar-refractivity contribution in [1.29, 1.82) is 0 Å². The van der Waals surface area contributed by atoms with E-state index >= 15 is 0 Å². The molecule has 0 amide bonds. The molecule has 1 aromatic carbocycles. The molecular weight excluding hydrogens is 287 g/mol. The lowest BCUT2D eigenvalue weighted by Crippen LogP contribution is -2.23. The first-order chi connectivity index (χ1) is 6.09. The lowest BCUT2D eigenvalue weighted by atomic mass is 10.3. The SMILES string of the molecule is CC(Nc1ccc(I)cc1)C(F)F. The van der Waals surface area contributed by atoms with Crippen molar-refractivity contribution in [3.05, 3.63) is 27.8 Å². The Bertz CT molecular complexity index is 261. The summed E-state index contributed by atoms with van der Waals surface area (Å²) in [5.41, 5.74) is 0.730. The van der Waals surface area contributed by atoms with Gasteiger partial charge >= 0.3 is 0 Å². The van der Waals surface area contributed by atoms with Gasteiger partial charge in [-0.05, 0) is 53.8 Å². The van der Waals surface area contributed by atoms with Crippen molar-refractivity contribution in [2.45, 2.75) is 19.4 Å². The molecule has 0 heterocycles. The van der Waals surface area contributed by atoms with E-state index in [0.29, 0.717) is 0 Å². The topological polar surface area (TPSA) is 12.0 Å². The van der Waals surface area contributed by atoms with Crippen LogP contribution >= 0.6 is 22.6 Å². The Morgan fingerprint density at radius 2 is 1.77 bits per heavy atom. The molecule has 1 nitrogen and oxygen atoms in total. The quantitative estimate of drug-likeness (QED) is 0.844. The van der Waals surface area contributed by atoms with Crippen LogP contribution in [0.1, 0.15) is 6.92 Å². The number of halogens is 3. The van der Waals surface area contributed by atoms with Gasteiger partial charge in [-0.15, -0.1) is 0 Å². The highest BCUT2D eigenvalue weighted by Crippen LogP contribution is 2.14. The van der Waals surface area contributed by atoms with Gasteiger partial charge in [-0.3, -0.25) is 0 Å². The van der Waals surface area contributed by atoms with E-state index in [1.807, 2.05) is 12.1 Å². The third kappa shape index (κ3) is 3.46. The Hall–Kier alpha value is -0.390. The van der Waals surface area contributed by atoms with Gasteiger partial charge in [0, 0.05) is 9.26 Å². The van der Waals surface area contributed by atoms with Crippen LogP contribution in [0.2, 0.25) is 0 Å². The van der Waals surface area contributed by atoms with Crippen LogP contribution < -0.4 is 5.32 Å². The molecule has 0 aliphatic carbocycles. The minimum atomic E-state index is -2.33. The van der Waals surface area contributed by atoms with Gasteiger partial charge in [-0.25, -0.2) is 8.78 Å². The second-order valence-electron chi connectivity index (χ2n) is 2.77. The van der Waals surface area contributed by atoms with E-state index in [1.165, 1.54) is 6.92 Å². The van der Waals surface area contributed by atoms with Gasteiger partial charge < -0.3 is 5.32 Å². The van der Waals surface area contributed by atoms with Crippen LogP contribution in [0.4, 0.5) is 14.5 Å². The smallest absolute Gasteiger partial charge is 0.258 e. The van der Waals surface area contributed by atoms with E-state index in [-0.39, 0.29) is 0 Å². The molecule has 1 atom stereocenters. The predicted octanol–water partition coefficient (Wildman–Crippen LogP) is 3.36. The number of benzene rings is 1. The Morgan fingerprint density at radius 1 is 1.23 bits per heavy atom. The van der Waals surface area contributed by atoms with Gasteiger partial charge in [-0.2, -0.15) is 0 Å². The highest BCUT2D eigenvalue weighted by molar-refractivity contribution is 14.1. The summed E-state index contributed by atoms with van der Waals surface area (Å²) < 4.78 is 25.3. The zero-order valence-corrected chi connectivity index (χ0v) is 9.26. The summed E-state index contributed by atoms with van der Waals surface area (Å²) in [7, 11) is 0. The Kier molecular flexibility index (Phi) is 3.90. The molecule has 1 N–H and O–H groups in total. The summed E-state index contributed by atoms with van der Waals surface area (Å²) in [5, 5.41) is 2.72. The number of anilines is 1. The lowest BCUT2D eigenvalue weighted by molar-refractivity contribution is 0.131. The fraction of sp³-hybridized carbons (Fsp3) is 0.333. The average Bonchev–Trinajstić information content (AvgIpc) is 2.08. The summed E-state index contributed by atoms with van der Waals surface area (Å²) in [6.45, 7) is 1.46. The summed E-state index contributed by atoms with van der Waals surface area (Å²) in [5.74, 6) is 0. The third-order valence-corrected chi connectivity index (χ3v) is 2.34. The van der Waals surface area contributed by atoms with Crippen molar-refractivity contribution in [2.24, 2.45) is 0 Å². The molecule has 0 saturated heterocycles. The molecule has 0 bridgehead atoms. The standard InChI is InChI=1S/C9H10F2IN/c1-6(9(10)11)13-8-4-2-7(12)3-5-8/h2-6,9,13H,1H3. The van der Waals surface area contributed by atoms with Gasteiger partial charge in [0.25, 0.3) is 6.43 Å². The molecule has 0 saturated carbocycles. The number of rotatable bonds is 3. The van der Waals surface area contributed by atoms with Crippen LogP contribution in [0, 0.1) is 3.57 Å². The summed E-state index contributed by atoms with van der Waals surface area (Å²) >= 11 is 2.17. The molecular formula is C9H10F2IN. The highest BCUT2D eigenvalue weighted by atomic mass is 127. The van der Waals surface area contributed by atoms with Crippen molar-refractivity contribution < 1.29 is 8.78 Å². The zero-order chi connectivity index (χ0) is 9.84. The van der Waals surface area contributed by atoms with Crippen LogP contribution in [0.3, 0.4) is 0 Å². The van der Waals surface area contributed by atoms with Gasteiger partial charge in [0.2, 0.25) is 0 Å². The fourth-order valence-corrected chi connectivity index (χ4v) is 1.23. The molecule has 13 heavy (non-hydrogen) atoms. The molecule has 0 aliphatic heterocycles. The normalized spacial score (nSPS) is 13.0. The van der Waals surface area contributed by atoms with Crippen molar-refractivity contribution in [3.8, 4) is 0 Å². The largest absolute Gasteiger partial charge is 0.377 e. The highest BCUT2D eigenvalue weighted by Gasteiger charge is 2.13. The van der Waals surface area contributed by atoms with Crippen molar-refractivity contribution in [3.63, 3.8) is 0 Å². The monoisotopic (exact) mass is 297 g/mol. The Morgan fingerprint density at radius 3 is 2.23 bits per heavy atom. The maximum atomic E-state index is 12.1. The third-order valence-electron chi connectivity index (χ3n) is 1.62. The van der Waals surface area contributed by atoms with Crippen LogP contribution in [0.5, 0.6) is 0 Å². The van der Waals surface area contributed by atoms with E-state index in [2.05, 4.69) is 27.9 Å². The van der Waals surface area contributed by atoms with Crippen LogP contribution in [-0.4, -0.2) is 12.5 Å². The molecule has 72 valence electrons. The predicted molar refractivity (Wildman–Crippen MR) is 58.2 cm³/mol. The van der Waals surface area contributed by atoms with E-state index < -0.39 is 12.5 Å². The van der Waals surface area contributed by atoms with Crippen LogP contribution in [0.15, 0.2) is 24.3 Å². The van der Waals surface area contributed by atoms with Gasteiger partial charge in [-0.1, -0.05) is 0 Å². The van der Waals surface area contributed by atoms with E-state index in [1.54, 1.807) is 12.1 Å². The molecule has 0 aromatic heterocycles. The molecule has 1 rings (SSSR count). The van der Waals surface area contributed by atoms with Crippen molar-refractivity contribution >= 4 is 28.3 Å². The number of alkyl halides is 2. The lowest BCUT2D eigenvalue weighted by Gasteiger charge is -2.13. The first-order valence-electron chi connectivity index (χ1n) is 3.90. The second kappa shape index (κ2) is 4.74. The van der Waals surface area contributed by atoms with Crippen molar-refractivity contribution in [2.75, 3.05) is 5.32 Å². The number of nitrogens with one attached hydrogen (secondary N) is 1. The fourth-order valence-electron chi connectivity index (χ4n) is 0.872. The second-order valence-corrected chi connectivity index (χ2v) is 4.02. The average molecular weight is 297 g/mol.